The van der Waals surface area contributed by atoms with Gasteiger partial charge in [0, 0.05) is 6.20 Å². The van der Waals surface area contributed by atoms with Gasteiger partial charge in [-0.3, -0.25) is 0 Å². The number of nitrogens with zero attached hydrogens (tertiary/aromatic N) is 4. The van der Waals surface area contributed by atoms with Crippen LogP contribution in [0.3, 0.4) is 0 Å². The normalized spacial score (nSPS) is 10.5. The second-order valence-corrected chi connectivity index (χ2v) is 2.12. The van der Waals surface area contributed by atoms with Crippen molar-refractivity contribution in [2.45, 2.75) is 6.92 Å². The van der Waals surface area contributed by atoms with Crippen LogP contribution in [-0.4, -0.2) is 20.0 Å². The molecule has 0 aromatic carbocycles. The molecule has 0 unspecified atom stereocenters. The minimum Gasteiger partial charge on any atom is -0.157 e. The summed E-state index contributed by atoms with van der Waals surface area (Å²) in [4.78, 5) is 0. The zero-order chi connectivity index (χ0) is 6.97. The van der Waals surface area contributed by atoms with E-state index in [2.05, 4.69) is 15.4 Å². The van der Waals surface area contributed by atoms with Crippen molar-refractivity contribution in [2.24, 2.45) is 0 Å². The van der Waals surface area contributed by atoms with Gasteiger partial charge in [-0.05, 0) is 23.8 Å². The molecular weight excluding hydrogens is 128 g/mol. The Hall–Kier alpha value is -1.45. The molecule has 0 atom stereocenters. The van der Waals surface area contributed by atoms with E-state index in [1.54, 1.807) is 12.4 Å². The first-order valence-electron chi connectivity index (χ1n) is 3.00. The van der Waals surface area contributed by atoms with Crippen LogP contribution in [0.15, 0.2) is 18.5 Å². The number of aromatic nitrogens is 4. The van der Waals surface area contributed by atoms with Crippen LogP contribution in [0.1, 0.15) is 5.56 Å². The van der Waals surface area contributed by atoms with E-state index in [4.69, 9.17) is 0 Å². The van der Waals surface area contributed by atoms with Gasteiger partial charge in [0.1, 0.15) is 5.52 Å². The molecule has 4 nitrogen and oxygen atoms in total. The molecule has 0 radical (unpaired) electrons. The Bertz CT molecular complexity index is 351. The standard InChI is InChI=1S/C6H6N4/c1-5-2-3-8-10-6(5)4-7-9-10/h2-4H,1H3. The molecule has 0 saturated heterocycles. The summed E-state index contributed by atoms with van der Waals surface area (Å²) < 4.78 is 1.51. The zero-order valence-corrected chi connectivity index (χ0v) is 5.52. The van der Waals surface area contributed by atoms with Crippen LogP contribution in [0.2, 0.25) is 0 Å². The minimum atomic E-state index is 0.961. The van der Waals surface area contributed by atoms with Gasteiger partial charge in [0.05, 0.1) is 6.20 Å². The summed E-state index contributed by atoms with van der Waals surface area (Å²) in [5.41, 5.74) is 2.10. The fraction of sp³-hybridized carbons (Fsp3) is 0.167. The van der Waals surface area contributed by atoms with Crippen LogP contribution < -0.4 is 0 Å². The van der Waals surface area contributed by atoms with E-state index in [1.165, 1.54) is 4.63 Å². The van der Waals surface area contributed by atoms with Crippen LogP contribution in [0.4, 0.5) is 0 Å². The van der Waals surface area contributed by atoms with Crippen molar-refractivity contribution >= 4 is 5.52 Å². The predicted octanol–water partition coefficient (Wildman–Crippen LogP) is 0.433. The molecule has 0 spiro atoms. The first-order chi connectivity index (χ1) is 4.88. The van der Waals surface area contributed by atoms with Gasteiger partial charge < -0.3 is 0 Å². The highest BCUT2D eigenvalue weighted by Gasteiger charge is 1.95. The highest BCUT2D eigenvalue weighted by molar-refractivity contribution is 5.49. The molecule has 0 amide bonds. The molecule has 0 fully saturated rings. The summed E-state index contributed by atoms with van der Waals surface area (Å²) in [5, 5.41) is 11.4. The van der Waals surface area contributed by atoms with Gasteiger partial charge >= 0.3 is 0 Å². The molecule has 2 aromatic rings. The molecule has 2 aromatic heterocycles. The Balaban J connectivity index is 2.95. The maximum Gasteiger partial charge on any atom is 0.111 e. The van der Waals surface area contributed by atoms with E-state index in [-0.39, 0.29) is 0 Å². The highest BCUT2D eigenvalue weighted by atomic mass is 15.5. The molecule has 4 heteroatoms. The fourth-order valence-corrected chi connectivity index (χ4v) is 0.868. The van der Waals surface area contributed by atoms with E-state index in [0.717, 1.165) is 11.1 Å². The highest BCUT2D eigenvalue weighted by Crippen LogP contribution is 2.02. The number of hydrogen-bond acceptors (Lipinski definition) is 3. The average Bonchev–Trinajstić information content (AvgIpc) is 2.36. The molecule has 0 saturated carbocycles. The SMILES string of the molecule is Cc1ccnn2nncc12. The third-order valence-electron chi connectivity index (χ3n) is 1.44. The molecule has 2 rings (SSSR count). The first kappa shape index (κ1) is 5.34. The molecule has 0 aliphatic carbocycles. The third-order valence-corrected chi connectivity index (χ3v) is 1.44. The van der Waals surface area contributed by atoms with Crippen molar-refractivity contribution in [3.63, 3.8) is 0 Å². The Morgan fingerprint density at radius 1 is 1.50 bits per heavy atom. The summed E-state index contributed by atoms with van der Waals surface area (Å²) in [5.74, 6) is 0. The molecule has 0 bridgehead atoms. The Labute approximate surface area is 57.5 Å². The minimum absolute atomic E-state index is 0.961. The lowest BCUT2D eigenvalue weighted by Crippen LogP contribution is -1.93. The predicted molar refractivity (Wildman–Crippen MR) is 35.5 cm³/mol. The molecule has 2 heterocycles. The summed E-state index contributed by atoms with van der Waals surface area (Å²) in [7, 11) is 0. The van der Waals surface area contributed by atoms with Gasteiger partial charge in [-0.2, -0.15) is 5.10 Å². The Morgan fingerprint density at radius 3 is 3.20 bits per heavy atom. The van der Waals surface area contributed by atoms with E-state index in [9.17, 15) is 0 Å². The van der Waals surface area contributed by atoms with Gasteiger partial charge in [0.2, 0.25) is 0 Å². The van der Waals surface area contributed by atoms with Gasteiger partial charge in [0.25, 0.3) is 0 Å². The molecule has 0 N–H and O–H groups in total. The van der Waals surface area contributed by atoms with Crippen LogP contribution in [0.5, 0.6) is 0 Å². The molecule has 0 aliphatic rings. The monoisotopic (exact) mass is 134 g/mol. The van der Waals surface area contributed by atoms with Crippen molar-refractivity contribution < 1.29 is 0 Å². The molecule has 10 heavy (non-hydrogen) atoms. The summed E-state index contributed by atoms with van der Waals surface area (Å²) in [6, 6.07) is 1.93. The molecule has 0 aliphatic heterocycles. The quantitative estimate of drug-likeness (QED) is 0.524. The van der Waals surface area contributed by atoms with Crippen LogP contribution in [0, 0.1) is 6.92 Å². The summed E-state index contributed by atoms with van der Waals surface area (Å²) >= 11 is 0. The summed E-state index contributed by atoms with van der Waals surface area (Å²) in [6.45, 7) is 2.00. The Kier molecular flexibility index (Phi) is 0.943. The second-order valence-electron chi connectivity index (χ2n) is 2.12. The van der Waals surface area contributed by atoms with E-state index < -0.39 is 0 Å². The van der Waals surface area contributed by atoms with Crippen molar-refractivity contribution in [2.75, 3.05) is 0 Å². The lowest BCUT2D eigenvalue weighted by molar-refractivity contribution is 0.741. The Morgan fingerprint density at radius 2 is 2.40 bits per heavy atom. The van der Waals surface area contributed by atoms with E-state index in [1.807, 2.05) is 13.0 Å². The lowest BCUT2D eigenvalue weighted by atomic mass is 10.3. The van der Waals surface area contributed by atoms with Gasteiger partial charge in [-0.15, -0.1) is 9.73 Å². The van der Waals surface area contributed by atoms with E-state index >= 15 is 0 Å². The van der Waals surface area contributed by atoms with Crippen molar-refractivity contribution in [1.29, 1.82) is 0 Å². The van der Waals surface area contributed by atoms with Crippen LogP contribution in [-0.2, 0) is 0 Å². The molecular formula is C6H6N4. The van der Waals surface area contributed by atoms with Crippen molar-refractivity contribution in [1.82, 2.24) is 20.0 Å². The maximum atomic E-state index is 3.95. The number of hydrogen-bond donors (Lipinski definition) is 0. The zero-order valence-electron chi connectivity index (χ0n) is 5.52. The average molecular weight is 134 g/mol. The second kappa shape index (κ2) is 1.76. The molecule has 50 valence electrons. The first-order valence-corrected chi connectivity index (χ1v) is 3.00. The van der Waals surface area contributed by atoms with Crippen molar-refractivity contribution in [3.8, 4) is 0 Å². The number of fused-ring (bicyclic) bond motifs is 1. The fourth-order valence-electron chi connectivity index (χ4n) is 0.868. The lowest BCUT2D eigenvalue weighted by Gasteiger charge is -1.91. The van der Waals surface area contributed by atoms with Gasteiger partial charge in [-0.1, -0.05) is 0 Å². The van der Waals surface area contributed by atoms with Gasteiger partial charge in [0.15, 0.2) is 0 Å². The smallest absolute Gasteiger partial charge is 0.111 e. The van der Waals surface area contributed by atoms with Crippen molar-refractivity contribution in [3.05, 3.63) is 24.0 Å². The largest absolute Gasteiger partial charge is 0.157 e. The van der Waals surface area contributed by atoms with Crippen LogP contribution in [0.25, 0.3) is 5.52 Å². The number of rotatable bonds is 0. The van der Waals surface area contributed by atoms with E-state index in [0.29, 0.717) is 0 Å². The van der Waals surface area contributed by atoms with Gasteiger partial charge in [-0.25, -0.2) is 0 Å². The number of aryl methyl sites for hydroxylation is 1. The summed E-state index contributed by atoms with van der Waals surface area (Å²) in [6.07, 6.45) is 3.40. The maximum absolute atomic E-state index is 3.95. The third kappa shape index (κ3) is 0.586. The topological polar surface area (TPSA) is 43.1 Å². The van der Waals surface area contributed by atoms with Crippen LogP contribution >= 0.6 is 0 Å².